The van der Waals surface area contributed by atoms with Gasteiger partial charge in [0, 0.05) is 41.8 Å². The molecule has 1 aliphatic carbocycles. The van der Waals surface area contributed by atoms with Crippen LogP contribution in [-0.4, -0.2) is 74.3 Å². The van der Waals surface area contributed by atoms with Crippen molar-refractivity contribution in [3.63, 3.8) is 0 Å². The highest BCUT2D eigenvalue weighted by Crippen LogP contribution is 2.43. The second-order valence-corrected chi connectivity index (χ2v) is 11.5. The molecule has 1 N–H and O–H groups in total. The molecule has 3 atom stereocenters. The van der Waals surface area contributed by atoms with Gasteiger partial charge in [-0.3, -0.25) is 4.90 Å². The predicted octanol–water partition coefficient (Wildman–Crippen LogP) is 3.13. The fraction of sp³-hybridized carbons (Fsp3) is 0.478. The number of hydrogen-bond acceptors (Lipinski definition) is 6. The molecule has 0 unspecified atom stereocenters. The Morgan fingerprint density at radius 3 is 2.45 bits per heavy atom. The summed E-state index contributed by atoms with van der Waals surface area (Å²) in [6.07, 6.45) is 0.746. The normalized spacial score (nSPS) is 26.5. The van der Waals surface area contributed by atoms with Gasteiger partial charge in [0.1, 0.15) is 11.9 Å². The van der Waals surface area contributed by atoms with Crippen LogP contribution in [0.4, 0.5) is 0 Å². The maximum atomic E-state index is 12.9. The van der Waals surface area contributed by atoms with Crippen molar-refractivity contribution in [2.75, 3.05) is 39.4 Å². The van der Waals surface area contributed by atoms with Crippen LogP contribution in [0, 0.1) is 0 Å². The standard InChI is InChI=1S/C23H26Cl2N2O5S/c24-15-11-20-19(21(25)12-15)13-22(26-6-5-16(28)14-26)23(20)32-17-1-3-18(4-2-17)33(29,30)27-7-9-31-10-8-27/h1-4,11-12,16,22-23,28H,5-10,13-14H2/t16-,22+,23-/m1/s1. The summed E-state index contributed by atoms with van der Waals surface area (Å²) in [6.45, 7) is 2.87. The molecule has 0 bridgehead atoms. The molecule has 33 heavy (non-hydrogen) atoms. The minimum absolute atomic E-state index is 0.00451. The number of fused-ring (bicyclic) bond motifs is 1. The van der Waals surface area contributed by atoms with E-state index in [1.807, 2.05) is 6.07 Å². The van der Waals surface area contributed by atoms with Crippen molar-refractivity contribution < 1.29 is 23.0 Å². The number of likely N-dealkylation sites (tertiary alicyclic amines) is 1. The van der Waals surface area contributed by atoms with Gasteiger partial charge in [-0.15, -0.1) is 0 Å². The van der Waals surface area contributed by atoms with E-state index >= 15 is 0 Å². The van der Waals surface area contributed by atoms with Crippen LogP contribution in [0.3, 0.4) is 0 Å². The van der Waals surface area contributed by atoms with Crippen molar-refractivity contribution in [2.24, 2.45) is 0 Å². The van der Waals surface area contributed by atoms with E-state index in [4.69, 9.17) is 32.7 Å². The third-order valence-corrected chi connectivity index (χ3v) is 9.09. The number of ether oxygens (including phenoxy) is 2. The summed E-state index contributed by atoms with van der Waals surface area (Å²) < 4.78 is 38.9. The van der Waals surface area contributed by atoms with Crippen molar-refractivity contribution in [2.45, 2.75) is 36.0 Å². The van der Waals surface area contributed by atoms with Crippen LogP contribution >= 0.6 is 23.2 Å². The lowest BCUT2D eigenvalue weighted by Gasteiger charge is -2.30. The van der Waals surface area contributed by atoms with Crippen LogP contribution in [0.25, 0.3) is 0 Å². The maximum Gasteiger partial charge on any atom is 0.243 e. The number of hydrogen-bond donors (Lipinski definition) is 1. The van der Waals surface area contributed by atoms with Crippen molar-refractivity contribution in [3.05, 3.63) is 57.6 Å². The maximum absolute atomic E-state index is 12.9. The Labute approximate surface area is 203 Å². The lowest BCUT2D eigenvalue weighted by atomic mass is 10.1. The molecule has 10 heteroatoms. The first kappa shape index (κ1) is 23.4. The fourth-order valence-electron chi connectivity index (χ4n) is 4.92. The number of β-amino-alcohol motifs (C(OH)–C–C–N with tert-alkyl or cyclic N) is 1. The van der Waals surface area contributed by atoms with Gasteiger partial charge in [0.25, 0.3) is 0 Å². The van der Waals surface area contributed by atoms with Crippen LogP contribution in [0.1, 0.15) is 23.7 Å². The number of aliphatic hydroxyl groups excluding tert-OH is 1. The fourth-order valence-corrected chi connectivity index (χ4v) is 6.92. The minimum Gasteiger partial charge on any atom is -0.484 e. The van der Waals surface area contributed by atoms with E-state index in [-0.39, 0.29) is 23.1 Å². The second-order valence-electron chi connectivity index (χ2n) is 8.69. The smallest absolute Gasteiger partial charge is 0.243 e. The minimum atomic E-state index is -3.57. The largest absolute Gasteiger partial charge is 0.484 e. The van der Waals surface area contributed by atoms with Gasteiger partial charge in [0.05, 0.1) is 30.3 Å². The van der Waals surface area contributed by atoms with Crippen LogP contribution < -0.4 is 4.74 Å². The predicted molar refractivity (Wildman–Crippen MR) is 126 cm³/mol. The molecule has 0 radical (unpaired) electrons. The molecule has 2 fully saturated rings. The molecule has 178 valence electrons. The molecule has 5 rings (SSSR count). The summed E-state index contributed by atoms with van der Waals surface area (Å²) in [4.78, 5) is 2.46. The SMILES string of the molecule is O=S(=O)(c1ccc(O[C@@H]2c3cc(Cl)cc(Cl)c3C[C@@H]2N2CC[C@@H](O)C2)cc1)N1CCOCC1. The van der Waals surface area contributed by atoms with E-state index in [1.165, 1.54) is 4.31 Å². The zero-order valence-corrected chi connectivity index (χ0v) is 20.3. The number of nitrogens with zero attached hydrogens (tertiary/aromatic N) is 2. The highest BCUT2D eigenvalue weighted by molar-refractivity contribution is 7.89. The molecule has 2 saturated heterocycles. The lowest BCUT2D eigenvalue weighted by Crippen LogP contribution is -2.40. The van der Waals surface area contributed by atoms with Crippen molar-refractivity contribution in [1.82, 2.24) is 9.21 Å². The van der Waals surface area contributed by atoms with E-state index in [0.717, 1.165) is 24.1 Å². The summed E-state index contributed by atoms with van der Waals surface area (Å²) >= 11 is 12.8. The number of halogens is 2. The molecule has 2 aromatic rings. The average molecular weight is 513 g/mol. The first-order chi connectivity index (χ1) is 15.8. The Morgan fingerprint density at radius 1 is 1.06 bits per heavy atom. The summed E-state index contributed by atoms with van der Waals surface area (Å²) in [5, 5.41) is 11.2. The van der Waals surface area contributed by atoms with Crippen LogP contribution in [0.5, 0.6) is 5.75 Å². The molecule has 7 nitrogen and oxygen atoms in total. The highest BCUT2D eigenvalue weighted by Gasteiger charge is 2.41. The topological polar surface area (TPSA) is 79.3 Å². The number of rotatable bonds is 5. The van der Waals surface area contributed by atoms with Crippen molar-refractivity contribution in [3.8, 4) is 5.75 Å². The van der Waals surface area contributed by atoms with E-state index in [2.05, 4.69) is 4.90 Å². The quantitative estimate of drug-likeness (QED) is 0.662. The Morgan fingerprint density at radius 2 is 1.79 bits per heavy atom. The van der Waals surface area contributed by atoms with Crippen LogP contribution in [-0.2, 0) is 21.2 Å². The van der Waals surface area contributed by atoms with E-state index < -0.39 is 10.0 Å². The molecule has 0 amide bonds. The summed E-state index contributed by atoms with van der Waals surface area (Å²) in [6, 6.07) is 10.2. The van der Waals surface area contributed by atoms with E-state index in [0.29, 0.717) is 55.1 Å². The summed E-state index contributed by atoms with van der Waals surface area (Å²) in [5.41, 5.74) is 1.94. The number of morpholine rings is 1. The highest BCUT2D eigenvalue weighted by atomic mass is 35.5. The molecule has 2 aliphatic heterocycles. The third-order valence-electron chi connectivity index (χ3n) is 6.62. The van der Waals surface area contributed by atoms with Gasteiger partial charge in [-0.05, 0) is 54.8 Å². The molecular formula is C23H26Cl2N2O5S. The van der Waals surface area contributed by atoms with Crippen molar-refractivity contribution >= 4 is 33.2 Å². The molecule has 2 heterocycles. The van der Waals surface area contributed by atoms with Gasteiger partial charge in [0.2, 0.25) is 10.0 Å². The molecular weight excluding hydrogens is 487 g/mol. The van der Waals surface area contributed by atoms with E-state index in [9.17, 15) is 13.5 Å². The van der Waals surface area contributed by atoms with Gasteiger partial charge in [0.15, 0.2) is 0 Å². The first-order valence-corrected chi connectivity index (χ1v) is 13.3. The van der Waals surface area contributed by atoms with Gasteiger partial charge in [-0.1, -0.05) is 23.2 Å². The average Bonchev–Trinajstić information content (AvgIpc) is 3.39. The summed E-state index contributed by atoms with van der Waals surface area (Å²) in [7, 11) is -3.57. The van der Waals surface area contributed by atoms with Crippen molar-refractivity contribution in [1.29, 1.82) is 0 Å². The molecule has 0 saturated carbocycles. The molecule has 2 aromatic carbocycles. The Hall–Kier alpha value is -1.39. The molecule has 3 aliphatic rings. The zero-order valence-electron chi connectivity index (χ0n) is 18.0. The zero-order chi connectivity index (χ0) is 23.2. The van der Waals surface area contributed by atoms with Gasteiger partial charge in [-0.25, -0.2) is 8.42 Å². The van der Waals surface area contributed by atoms with E-state index in [1.54, 1.807) is 30.3 Å². The Kier molecular flexibility index (Phi) is 6.61. The first-order valence-electron chi connectivity index (χ1n) is 11.1. The molecule has 0 spiro atoms. The number of sulfonamides is 1. The molecule has 0 aromatic heterocycles. The second kappa shape index (κ2) is 9.34. The number of benzene rings is 2. The monoisotopic (exact) mass is 512 g/mol. The van der Waals surface area contributed by atoms with Crippen LogP contribution in [0.15, 0.2) is 41.3 Å². The summed E-state index contributed by atoms with van der Waals surface area (Å²) in [5.74, 6) is 0.564. The lowest BCUT2D eigenvalue weighted by molar-refractivity contribution is 0.0730. The Bertz CT molecular complexity index is 1120. The Balaban J connectivity index is 1.40. The van der Waals surface area contributed by atoms with Gasteiger partial charge in [-0.2, -0.15) is 4.31 Å². The number of aliphatic hydroxyl groups is 1. The van der Waals surface area contributed by atoms with Gasteiger partial charge < -0.3 is 14.6 Å². The third kappa shape index (κ3) is 4.62. The van der Waals surface area contributed by atoms with Crippen LogP contribution in [0.2, 0.25) is 10.0 Å². The van der Waals surface area contributed by atoms with Gasteiger partial charge >= 0.3 is 0 Å².